The monoisotopic (exact) mass is 395 g/mol. The molecule has 1 saturated heterocycles. The minimum atomic E-state index is -1.09. The van der Waals surface area contributed by atoms with E-state index in [2.05, 4.69) is 21.8 Å². The van der Waals surface area contributed by atoms with Crippen LogP contribution >= 0.6 is 0 Å². The van der Waals surface area contributed by atoms with Gasteiger partial charge < -0.3 is 14.6 Å². The van der Waals surface area contributed by atoms with E-state index in [4.69, 9.17) is 9.72 Å². The number of aromatic amines is 1. The van der Waals surface area contributed by atoms with Gasteiger partial charge in [-0.2, -0.15) is 0 Å². The fourth-order valence-corrected chi connectivity index (χ4v) is 4.58. The van der Waals surface area contributed by atoms with Crippen LogP contribution < -0.4 is 4.90 Å². The topological polar surface area (TPSA) is 75.5 Å². The fourth-order valence-electron chi connectivity index (χ4n) is 3.87. The van der Waals surface area contributed by atoms with Gasteiger partial charge in [0.1, 0.15) is 17.3 Å². The summed E-state index contributed by atoms with van der Waals surface area (Å²) in [5.41, 5.74) is 2.73. The summed E-state index contributed by atoms with van der Waals surface area (Å²) < 4.78 is 19.9. The SMILES string of the molecule is CC1COCCN1c1cc2c(S(C)=O)ccn2c(-c2ccnc3[nH]ccc23)n1. The van der Waals surface area contributed by atoms with Crippen molar-refractivity contribution in [2.24, 2.45) is 0 Å². The highest BCUT2D eigenvalue weighted by atomic mass is 32.2. The van der Waals surface area contributed by atoms with Gasteiger partial charge in [-0.25, -0.2) is 9.97 Å². The van der Waals surface area contributed by atoms with E-state index in [0.717, 1.165) is 45.2 Å². The molecule has 8 heteroatoms. The zero-order valence-corrected chi connectivity index (χ0v) is 16.6. The van der Waals surface area contributed by atoms with Crippen molar-refractivity contribution < 1.29 is 8.95 Å². The number of aromatic nitrogens is 4. The average Bonchev–Trinajstić information content (AvgIpc) is 3.34. The normalized spacial score (nSPS) is 18.8. The second-order valence-corrected chi connectivity index (χ2v) is 8.39. The van der Waals surface area contributed by atoms with Crippen molar-refractivity contribution in [3.63, 3.8) is 0 Å². The van der Waals surface area contributed by atoms with Crippen molar-refractivity contribution in [1.29, 1.82) is 0 Å². The number of hydrogen-bond acceptors (Lipinski definition) is 5. The van der Waals surface area contributed by atoms with Gasteiger partial charge in [-0.15, -0.1) is 0 Å². The Morgan fingerprint density at radius 1 is 1.32 bits per heavy atom. The molecule has 7 nitrogen and oxygen atoms in total. The Bertz CT molecular complexity index is 1200. The highest BCUT2D eigenvalue weighted by molar-refractivity contribution is 7.84. The van der Waals surface area contributed by atoms with Gasteiger partial charge in [-0.3, -0.25) is 8.61 Å². The number of nitrogens with one attached hydrogen (secondary N) is 1. The zero-order valence-electron chi connectivity index (χ0n) is 15.8. The van der Waals surface area contributed by atoms with Crippen molar-refractivity contribution in [2.45, 2.75) is 17.9 Å². The van der Waals surface area contributed by atoms with E-state index in [9.17, 15) is 4.21 Å². The summed E-state index contributed by atoms with van der Waals surface area (Å²) in [5, 5.41) is 1.01. The Balaban J connectivity index is 1.80. The number of H-pyrrole nitrogens is 1. The first-order valence-electron chi connectivity index (χ1n) is 9.26. The first-order valence-corrected chi connectivity index (χ1v) is 10.8. The van der Waals surface area contributed by atoms with E-state index < -0.39 is 10.8 Å². The van der Waals surface area contributed by atoms with Gasteiger partial charge in [0.25, 0.3) is 0 Å². The van der Waals surface area contributed by atoms with Gasteiger partial charge in [0.05, 0.1) is 40.5 Å². The molecule has 28 heavy (non-hydrogen) atoms. The third kappa shape index (κ3) is 2.71. The molecule has 0 saturated carbocycles. The largest absolute Gasteiger partial charge is 0.377 e. The summed E-state index contributed by atoms with van der Waals surface area (Å²) in [5.74, 6) is 1.69. The average molecular weight is 395 g/mol. The third-order valence-electron chi connectivity index (χ3n) is 5.27. The van der Waals surface area contributed by atoms with Gasteiger partial charge in [0.2, 0.25) is 0 Å². The maximum Gasteiger partial charge on any atom is 0.147 e. The Hall–Kier alpha value is -2.71. The molecule has 0 amide bonds. The smallest absolute Gasteiger partial charge is 0.147 e. The van der Waals surface area contributed by atoms with Crippen LogP contribution in [0.15, 0.2) is 47.8 Å². The molecule has 1 aliphatic heterocycles. The van der Waals surface area contributed by atoms with Crippen molar-refractivity contribution in [1.82, 2.24) is 19.4 Å². The maximum absolute atomic E-state index is 12.3. The van der Waals surface area contributed by atoms with E-state index in [1.807, 2.05) is 41.1 Å². The lowest BCUT2D eigenvalue weighted by Gasteiger charge is -2.34. The molecule has 5 rings (SSSR count). The quantitative estimate of drug-likeness (QED) is 0.577. The summed E-state index contributed by atoms with van der Waals surface area (Å²) >= 11 is 0. The number of rotatable bonds is 3. The van der Waals surface area contributed by atoms with E-state index in [-0.39, 0.29) is 6.04 Å². The molecule has 144 valence electrons. The number of ether oxygens (including phenoxy) is 1. The molecule has 5 heterocycles. The number of pyridine rings is 1. The van der Waals surface area contributed by atoms with E-state index in [0.29, 0.717) is 13.2 Å². The first kappa shape index (κ1) is 17.4. The van der Waals surface area contributed by atoms with Crippen molar-refractivity contribution >= 4 is 33.2 Å². The Morgan fingerprint density at radius 2 is 2.21 bits per heavy atom. The van der Waals surface area contributed by atoms with Crippen LogP contribution in [0.3, 0.4) is 0 Å². The van der Waals surface area contributed by atoms with Crippen LogP contribution in [-0.2, 0) is 15.5 Å². The second-order valence-electron chi connectivity index (χ2n) is 7.04. The summed E-state index contributed by atoms with van der Waals surface area (Å²) in [4.78, 5) is 15.7. The van der Waals surface area contributed by atoms with Crippen molar-refractivity contribution in [3.05, 3.63) is 42.9 Å². The van der Waals surface area contributed by atoms with Crippen LogP contribution in [0.2, 0.25) is 0 Å². The molecule has 1 N–H and O–H groups in total. The summed E-state index contributed by atoms with van der Waals surface area (Å²) in [7, 11) is -1.09. The van der Waals surface area contributed by atoms with Gasteiger partial charge in [0, 0.05) is 48.4 Å². The minimum Gasteiger partial charge on any atom is -0.377 e. The maximum atomic E-state index is 12.3. The predicted molar refractivity (Wildman–Crippen MR) is 110 cm³/mol. The number of hydrogen-bond donors (Lipinski definition) is 1. The lowest BCUT2D eigenvalue weighted by molar-refractivity contribution is 0.0985. The molecular weight excluding hydrogens is 374 g/mol. The van der Waals surface area contributed by atoms with Gasteiger partial charge in [-0.1, -0.05) is 0 Å². The molecule has 2 unspecified atom stereocenters. The first-order chi connectivity index (χ1) is 13.6. The molecule has 4 aromatic rings. The van der Waals surface area contributed by atoms with Crippen LogP contribution in [0, 0.1) is 0 Å². The zero-order chi connectivity index (χ0) is 19.3. The molecule has 2 atom stereocenters. The van der Waals surface area contributed by atoms with Crippen LogP contribution in [0.25, 0.3) is 27.9 Å². The number of nitrogens with zero attached hydrogens (tertiary/aromatic N) is 4. The molecule has 0 aromatic carbocycles. The lowest BCUT2D eigenvalue weighted by atomic mass is 10.1. The highest BCUT2D eigenvalue weighted by Gasteiger charge is 2.23. The van der Waals surface area contributed by atoms with Crippen LogP contribution in [0.5, 0.6) is 0 Å². The molecular formula is C20H21N5O2S. The molecule has 0 spiro atoms. The number of morpholine rings is 1. The van der Waals surface area contributed by atoms with Gasteiger partial charge in [0.15, 0.2) is 0 Å². The molecule has 4 aromatic heterocycles. The van der Waals surface area contributed by atoms with Crippen molar-refractivity contribution in [3.8, 4) is 11.4 Å². The van der Waals surface area contributed by atoms with E-state index >= 15 is 0 Å². The Kier molecular flexibility index (Phi) is 4.17. The van der Waals surface area contributed by atoms with Crippen LogP contribution in [0.4, 0.5) is 5.82 Å². The van der Waals surface area contributed by atoms with Crippen LogP contribution in [-0.4, -0.2) is 55.6 Å². The summed E-state index contributed by atoms with van der Waals surface area (Å²) in [6.45, 7) is 4.27. The molecule has 0 aliphatic carbocycles. The van der Waals surface area contributed by atoms with Gasteiger partial charge in [-0.05, 0) is 25.1 Å². The predicted octanol–water partition coefficient (Wildman–Crippen LogP) is 2.84. The highest BCUT2D eigenvalue weighted by Crippen LogP contribution is 2.32. The minimum absolute atomic E-state index is 0.229. The second kappa shape index (κ2) is 6.72. The molecule has 1 aliphatic rings. The Labute approximate surface area is 164 Å². The number of anilines is 1. The molecule has 1 fully saturated rings. The van der Waals surface area contributed by atoms with E-state index in [1.54, 1.807) is 12.5 Å². The fraction of sp³-hybridized carbons (Fsp3) is 0.300. The Morgan fingerprint density at radius 3 is 3.04 bits per heavy atom. The standard InChI is InChI=1S/C20H21N5O2S/c1-13-12-27-10-9-24(13)18-11-16-17(28(2)26)5-8-25(16)20(23-18)15-4-7-22-19-14(15)3-6-21-19/h3-8,11,13H,9-10,12H2,1-2H3,(H,21,22). The van der Waals surface area contributed by atoms with Crippen molar-refractivity contribution in [2.75, 3.05) is 30.9 Å². The summed E-state index contributed by atoms with van der Waals surface area (Å²) in [6, 6.07) is 8.17. The van der Waals surface area contributed by atoms with Gasteiger partial charge >= 0.3 is 0 Å². The lowest BCUT2D eigenvalue weighted by Crippen LogP contribution is -2.44. The van der Waals surface area contributed by atoms with Crippen LogP contribution in [0.1, 0.15) is 6.92 Å². The summed E-state index contributed by atoms with van der Waals surface area (Å²) in [6.07, 6.45) is 7.33. The number of fused-ring (bicyclic) bond motifs is 2. The molecule has 0 radical (unpaired) electrons. The third-order valence-corrected chi connectivity index (χ3v) is 6.24. The molecule has 0 bridgehead atoms. The van der Waals surface area contributed by atoms with E-state index in [1.165, 1.54) is 0 Å².